The molecule has 6 nitrogen and oxygen atoms in total. The third-order valence-electron chi connectivity index (χ3n) is 8.20. The molecule has 0 N–H and O–H groups in total. The van der Waals surface area contributed by atoms with E-state index in [1.807, 2.05) is 86.6 Å². The van der Waals surface area contributed by atoms with E-state index in [1.165, 1.54) is 0 Å². The van der Waals surface area contributed by atoms with Crippen LogP contribution in [0.15, 0.2) is 121 Å². The summed E-state index contributed by atoms with van der Waals surface area (Å²) >= 11 is 0. The van der Waals surface area contributed by atoms with Gasteiger partial charge in [-0.25, -0.2) is 0 Å². The van der Waals surface area contributed by atoms with Crippen LogP contribution in [0.2, 0.25) is 0 Å². The van der Waals surface area contributed by atoms with E-state index in [2.05, 4.69) is 48.5 Å². The Bertz CT molecular complexity index is 1220. The molecule has 6 rings (SSSR count). The SMILES string of the molecule is CC1(C)O[C@H]2[C@H](O1)C(c1ccccc1)(c1ccccc1)OCCOCCOCCOC2(c1ccccc1)c1ccccc1. The normalized spacial score (nSPS) is 24.0. The molecule has 0 unspecified atom stereocenters. The van der Waals surface area contributed by atoms with Crippen LogP contribution < -0.4 is 0 Å². The Kier molecular flexibility index (Phi) is 9.05. The number of hydrogen-bond donors (Lipinski definition) is 0. The summed E-state index contributed by atoms with van der Waals surface area (Å²) in [4.78, 5) is 0. The standard InChI is InChI=1S/C37H40O6/c1-35(2)42-33-34(43-35)37(31-19-11-5-12-20-31,32-21-13-6-14-22-32)41-28-26-39-24-23-38-25-27-40-36(33,29-15-7-3-8-16-29)30-17-9-4-10-18-30/h3-22,33-34H,23-28H2,1-2H3/t33-,34-/m0/s1. The molecule has 0 bridgehead atoms. The average molecular weight is 581 g/mol. The largest absolute Gasteiger partial charge is 0.377 e. The minimum absolute atomic E-state index is 0.335. The van der Waals surface area contributed by atoms with Gasteiger partial charge in [0.1, 0.15) is 23.4 Å². The molecule has 224 valence electrons. The first-order valence-corrected chi connectivity index (χ1v) is 15.1. The number of ether oxygens (including phenoxy) is 6. The van der Waals surface area contributed by atoms with Gasteiger partial charge in [-0.05, 0) is 36.1 Å². The molecule has 2 heterocycles. The van der Waals surface area contributed by atoms with Crippen molar-refractivity contribution in [1.29, 1.82) is 0 Å². The predicted octanol–water partition coefficient (Wildman–Crippen LogP) is 6.47. The van der Waals surface area contributed by atoms with Crippen LogP contribution in [0.1, 0.15) is 36.1 Å². The van der Waals surface area contributed by atoms with E-state index in [4.69, 9.17) is 28.4 Å². The third-order valence-corrected chi connectivity index (χ3v) is 8.20. The van der Waals surface area contributed by atoms with Crippen LogP contribution in [0.3, 0.4) is 0 Å². The number of fused-ring (bicyclic) bond motifs is 1. The zero-order valence-corrected chi connectivity index (χ0v) is 24.9. The fraction of sp³-hybridized carbons (Fsp3) is 0.351. The Morgan fingerprint density at radius 1 is 0.419 bits per heavy atom. The predicted molar refractivity (Wildman–Crippen MR) is 165 cm³/mol. The van der Waals surface area contributed by atoms with E-state index in [-0.39, 0.29) is 0 Å². The smallest absolute Gasteiger partial charge is 0.164 e. The summed E-state index contributed by atoms with van der Waals surface area (Å²) in [5, 5.41) is 0. The summed E-state index contributed by atoms with van der Waals surface area (Å²) in [7, 11) is 0. The zero-order valence-electron chi connectivity index (χ0n) is 24.9. The van der Waals surface area contributed by atoms with Crippen LogP contribution in [-0.2, 0) is 39.6 Å². The first-order chi connectivity index (χ1) is 21.1. The summed E-state index contributed by atoms with van der Waals surface area (Å²) in [5.74, 6) is -0.952. The molecule has 0 radical (unpaired) electrons. The summed E-state index contributed by atoms with van der Waals surface area (Å²) in [6.45, 7) is 6.34. The van der Waals surface area contributed by atoms with Crippen molar-refractivity contribution in [2.24, 2.45) is 0 Å². The van der Waals surface area contributed by atoms with Gasteiger partial charge in [0.05, 0.1) is 39.6 Å². The lowest BCUT2D eigenvalue weighted by Crippen LogP contribution is -2.57. The topological polar surface area (TPSA) is 55.4 Å². The van der Waals surface area contributed by atoms with Gasteiger partial charge in [-0.3, -0.25) is 0 Å². The van der Waals surface area contributed by atoms with Crippen LogP contribution in [0.25, 0.3) is 0 Å². The summed E-state index contributed by atoms with van der Waals surface area (Å²) in [6, 6.07) is 41.2. The van der Waals surface area contributed by atoms with Gasteiger partial charge < -0.3 is 28.4 Å². The maximum atomic E-state index is 7.09. The van der Waals surface area contributed by atoms with Gasteiger partial charge in [-0.1, -0.05) is 121 Å². The van der Waals surface area contributed by atoms with E-state index >= 15 is 0 Å². The Morgan fingerprint density at radius 2 is 0.698 bits per heavy atom. The summed E-state index contributed by atoms with van der Waals surface area (Å²) in [5.41, 5.74) is 1.71. The molecular formula is C37H40O6. The molecule has 43 heavy (non-hydrogen) atoms. The first-order valence-electron chi connectivity index (χ1n) is 15.1. The Balaban J connectivity index is 1.65. The highest BCUT2D eigenvalue weighted by Gasteiger charge is 2.63. The lowest BCUT2D eigenvalue weighted by molar-refractivity contribution is -0.181. The van der Waals surface area contributed by atoms with Gasteiger partial charge >= 0.3 is 0 Å². The van der Waals surface area contributed by atoms with Gasteiger partial charge in [0.2, 0.25) is 0 Å². The maximum Gasteiger partial charge on any atom is 0.164 e. The second-order valence-corrected chi connectivity index (χ2v) is 11.3. The highest BCUT2D eigenvalue weighted by molar-refractivity contribution is 5.44. The fourth-order valence-corrected chi connectivity index (χ4v) is 6.43. The molecular weight excluding hydrogens is 540 g/mol. The van der Waals surface area contributed by atoms with Crippen molar-refractivity contribution in [3.63, 3.8) is 0 Å². The molecule has 0 saturated carbocycles. The first kappa shape index (κ1) is 29.7. The van der Waals surface area contributed by atoms with Gasteiger partial charge in [-0.15, -0.1) is 0 Å². The Labute approximate surface area is 254 Å². The molecule has 0 amide bonds. The van der Waals surface area contributed by atoms with E-state index in [0.717, 1.165) is 22.3 Å². The second kappa shape index (κ2) is 13.1. The molecule has 4 aromatic rings. The third kappa shape index (κ3) is 5.92. The zero-order chi connectivity index (χ0) is 29.6. The molecule has 2 saturated heterocycles. The number of rotatable bonds is 4. The lowest BCUT2D eigenvalue weighted by atomic mass is 9.71. The Hall–Kier alpha value is -3.36. The van der Waals surface area contributed by atoms with Crippen molar-refractivity contribution >= 4 is 0 Å². The van der Waals surface area contributed by atoms with E-state index in [1.54, 1.807) is 0 Å². The fourth-order valence-electron chi connectivity index (χ4n) is 6.43. The van der Waals surface area contributed by atoms with Crippen molar-refractivity contribution < 1.29 is 28.4 Å². The van der Waals surface area contributed by atoms with Crippen molar-refractivity contribution in [3.05, 3.63) is 144 Å². The number of benzene rings is 4. The average Bonchev–Trinajstić information content (AvgIpc) is 3.39. The van der Waals surface area contributed by atoms with Crippen LogP contribution in [0.4, 0.5) is 0 Å². The van der Waals surface area contributed by atoms with Crippen LogP contribution in [-0.4, -0.2) is 57.6 Å². The summed E-state index contributed by atoms with van der Waals surface area (Å²) in [6.07, 6.45) is -1.28. The van der Waals surface area contributed by atoms with Gasteiger partial charge in [0.15, 0.2) is 5.79 Å². The van der Waals surface area contributed by atoms with Crippen LogP contribution in [0, 0.1) is 0 Å². The molecule has 6 heteroatoms. The molecule has 4 aromatic carbocycles. The van der Waals surface area contributed by atoms with Gasteiger partial charge in [-0.2, -0.15) is 0 Å². The van der Waals surface area contributed by atoms with Gasteiger partial charge in [0.25, 0.3) is 0 Å². The van der Waals surface area contributed by atoms with Crippen LogP contribution >= 0.6 is 0 Å². The second-order valence-electron chi connectivity index (χ2n) is 11.3. The van der Waals surface area contributed by atoms with Crippen LogP contribution in [0.5, 0.6) is 0 Å². The highest BCUT2D eigenvalue weighted by Crippen LogP contribution is 2.53. The van der Waals surface area contributed by atoms with E-state index < -0.39 is 29.2 Å². The maximum absolute atomic E-state index is 7.09. The molecule has 2 fully saturated rings. The minimum atomic E-state index is -1.07. The summed E-state index contributed by atoms with van der Waals surface area (Å²) < 4.78 is 40.1. The minimum Gasteiger partial charge on any atom is -0.377 e. The van der Waals surface area contributed by atoms with Crippen molar-refractivity contribution in [2.45, 2.75) is 43.0 Å². The lowest BCUT2D eigenvalue weighted by Gasteiger charge is -2.47. The van der Waals surface area contributed by atoms with Crippen molar-refractivity contribution in [1.82, 2.24) is 0 Å². The molecule has 0 aromatic heterocycles. The quantitative estimate of drug-likeness (QED) is 0.276. The molecule has 2 aliphatic rings. The molecule has 2 atom stereocenters. The van der Waals surface area contributed by atoms with E-state index in [0.29, 0.717) is 39.6 Å². The molecule has 2 aliphatic heterocycles. The van der Waals surface area contributed by atoms with Crippen molar-refractivity contribution in [2.75, 3.05) is 39.6 Å². The molecule has 0 aliphatic carbocycles. The van der Waals surface area contributed by atoms with E-state index in [9.17, 15) is 0 Å². The monoisotopic (exact) mass is 580 g/mol. The highest BCUT2D eigenvalue weighted by atomic mass is 16.8. The van der Waals surface area contributed by atoms with Gasteiger partial charge in [0, 0.05) is 0 Å². The Morgan fingerprint density at radius 3 is 1.00 bits per heavy atom. The number of hydrogen-bond acceptors (Lipinski definition) is 6. The van der Waals surface area contributed by atoms with Crippen molar-refractivity contribution in [3.8, 4) is 0 Å². The molecule has 0 spiro atoms.